The fraction of sp³-hybridized carbons (Fsp3) is 0.0952. The maximum absolute atomic E-state index is 12.4. The summed E-state index contributed by atoms with van der Waals surface area (Å²) in [5.41, 5.74) is 2.42. The number of carbonyl (C=O) groups is 1. The van der Waals surface area contributed by atoms with Crippen LogP contribution in [0.4, 0.5) is 0 Å². The number of hydrogen-bond donors (Lipinski definition) is 0. The summed E-state index contributed by atoms with van der Waals surface area (Å²) in [5.74, 6) is -0.299. The summed E-state index contributed by atoms with van der Waals surface area (Å²) in [7, 11) is 0. The van der Waals surface area contributed by atoms with Crippen LogP contribution < -0.4 is 0 Å². The third-order valence-corrected chi connectivity index (χ3v) is 3.67. The third kappa shape index (κ3) is 3.49. The van der Waals surface area contributed by atoms with Crippen LogP contribution in [-0.4, -0.2) is 12.6 Å². The predicted molar refractivity (Wildman–Crippen MR) is 94.9 cm³/mol. The van der Waals surface area contributed by atoms with E-state index in [0.717, 1.165) is 21.9 Å². The summed E-state index contributed by atoms with van der Waals surface area (Å²) in [6.45, 7) is 2.18. The minimum absolute atomic E-state index is 0.299. The van der Waals surface area contributed by atoms with E-state index in [0.29, 0.717) is 12.2 Å². The molecule has 0 aliphatic carbocycles. The van der Waals surface area contributed by atoms with E-state index >= 15 is 0 Å². The zero-order valence-electron chi connectivity index (χ0n) is 13.0. The molecule has 0 saturated carbocycles. The molecule has 3 aromatic rings. The largest absolute Gasteiger partial charge is 0.462 e. The van der Waals surface area contributed by atoms with Crippen molar-refractivity contribution in [1.82, 2.24) is 0 Å². The first-order chi connectivity index (χ1) is 11.3. The first kappa shape index (κ1) is 15.0. The second kappa shape index (κ2) is 6.93. The Labute approximate surface area is 136 Å². The van der Waals surface area contributed by atoms with Crippen molar-refractivity contribution in [2.45, 2.75) is 6.92 Å². The van der Waals surface area contributed by atoms with Crippen molar-refractivity contribution in [2.75, 3.05) is 6.61 Å². The quantitative estimate of drug-likeness (QED) is 0.387. The van der Waals surface area contributed by atoms with Gasteiger partial charge in [0.25, 0.3) is 0 Å². The number of rotatable bonds is 4. The fourth-order valence-corrected chi connectivity index (χ4v) is 2.54. The molecule has 0 bridgehead atoms. The van der Waals surface area contributed by atoms with Gasteiger partial charge < -0.3 is 4.74 Å². The molecule has 3 rings (SSSR count). The number of hydrogen-bond acceptors (Lipinski definition) is 2. The van der Waals surface area contributed by atoms with E-state index in [4.69, 9.17) is 4.74 Å². The predicted octanol–water partition coefficient (Wildman–Crippen LogP) is 4.94. The van der Waals surface area contributed by atoms with Crippen LogP contribution in [0.15, 0.2) is 72.8 Å². The molecule has 0 fully saturated rings. The first-order valence-corrected chi connectivity index (χ1v) is 7.71. The van der Waals surface area contributed by atoms with Crippen molar-refractivity contribution < 1.29 is 9.53 Å². The lowest BCUT2D eigenvalue weighted by molar-refractivity contribution is -0.136. The van der Waals surface area contributed by atoms with E-state index in [1.807, 2.05) is 79.7 Å². The number of carbonyl (C=O) groups excluding carboxylic acids is 1. The van der Waals surface area contributed by atoms with E-state index in [1.54, 1.807) is 0 Å². The normalized spacial score (nSPS) is 11.4. The van der Waals surface area contributed by atoms with Gasteiger partial charge in [-0.3, -0.25) is 0 Å². The minimum atomic E-state index is -0.299. The van der Waals surface area contributed by atoms with E-state index in [2.05, 4.69) is 6.07 Å². The summed E-state index contributed by atoms with van der Waals surface area (Å²) in [6, 6.07) is 23.9. The van der Waals surface area contributed by atoms with Gasteiger partial charge in [-0.1, -0.05) is 66.7 Å². The first-order valence-electron chi connectivity index (χ1n) is 7.71. The molecule has 0 aromatic heterocycles. The maximum atomic E-state index is 12.4. The summed E-state index contributed by atoms with van der Waals surface area (Å²) >= 11 is 0. The molecule has 0 radical (unpaired) electrons. The monoisotopic (exact) mass is 302 g/mol. The molecule has 0 N–H and O–H groups in total. The molecular formula is C21H18O2. The van der Waals surface area contributed by atoms with Gasteiger partial charge in [0.1, 0.15) is 0 Å². The van der Waals surface area contributed by atoms with Crippen molar-refractivity contribution in [3.63, 3.8) is 0 Å². The highest BCUT2D eigenvalue weighted by atomic mass is 16.5. The zero-order chi connectivity index (χ0) is 16.1. The molecule has 3 aromatic carbocycles. The van der Waals surface area contributed by atoms with Crippen molar-refractivity contribution in [3.05, 3.63) is 83.9 Å². The zero-order valence-corrected chi connectivity index (χ0v) is 13.0. The molecule has 0 aliphatic rings. The molecule has 2 nitrogen and oxygen atoms in total. The van der Waals surface area contributed by atoms with Gasteiger partial charge in [0.2, 0.25) is 0 Å². The van der Waals surface area contributed by atoms with Crippen molar-refractivity contribution >= 4 is 28.4 Å². The number of esters is 1. The highest BCUT2D eigenvalue weighted by molar-refractivity contribution is 6.22. The molecule has 0 spiro atoms. The second-order valence-electron chi connectivity index (χ2n) is 5.25. The van der Waals surface area contributed by atoms with Crippen LogP contribution in [0.3, 0.4) is 0 Å². The minimum Gasteiger partial charge on any atom is -0.462 e. The van der Waals surface area contributed by atoms with Crippen molar-refractivity contribution in [2.24, 2.45) is 0 Å². The number of ether oxygens (including phenoxy) is 1. The van der Waals surface area contributed by atoms with Crippen LogP contribution in [0.1, 0.15) is 18.1 Å². The van der Waals surface area contributed by atoms with Crippen LogP contribution in [-0.2, 0) is 9.53 Å². The second-order valence-corrected chi connectivity index (χ2v) is 5.25. The van der Waals surface area contributed by atoms with Gasteiger partial charge in [0.15, 0.2) is 0 Å². The Hall–Kier alpha value is -2.87. The Kier molecular flexibility index (Phi) is 4.53. The molecular weight excluding hydrogens is 284 g/mol. The van der Waals surface area contributed by atoms with Crippen LogP contribution in [0.5, 0.6) is 0 Å². The van der Waals surface area contributed by atoms with Crippen LogP contribution in [0.25, 0.3) is 22.4 Å². The summed E-state index contributed by atoms with van der Waals surface area (Å²) in [5, 5.41) is 2.26. The maximum Gasteiger partial charge on any atom is 0.338 e. The Morgan fingerprint density at radius 1 is 0.913 bits per heavy atom. The van der Waals surface area contributed by atoms with Gasteiger partial charge in [-0.25, -0.2) is 4.79 Å². The van der Waals surface area contributed by atoms with Crippen LogP contribution in [0, 0.1) is 0 Å². The van der Waals surface area contributed by atoms with Gasteiger partial charge in [-0.05, 0) is 41.0 Å². The fourth-order valence-electron chi connectivity index (χ4n) is 2.54. The molecule has 0 atom stereocenters. The topological polar surface area (TPSA) is 26.3 Å². The highest BCUT2D eigenvalue weighted by Crippen LogP contribution is 2.24. The molecule has 23 heavy (non-hydrogen) atoms. The lowest BCUT2D eigenvalue weighted by Gasteiger charge is -2.09. The lowest BCUT2D eigenvalue weighted by Crippen LogP contribution is -2.06. The molecule has 0 saturated heterocycles. The van der Waals surface area contributed by atoms with E-state index in [9.17, 15) is 4.79 Å². The standard InChI is InChI=1S/C21H18O2/c1-2-23-21(22)20(14-16-8-4-3-5-9-16)19-13-12-17-10-6-7-11-18(17)15-19/h3-15H,2H2,1H3. The van der Waals surface area contributed by atoms with Crippen LogP contribution >= 0.6 is 0 Å². The summed E-state index contributed by atoms with van der Waals surface area (Å²) in [4.78, 5) is 12.4. The Morgan fingerprint density at radius 3 is 2.35 bits per heavy atom. The average Bonchev–Trinajstić information content (AvgIpc) is 2.60. The number of benzene rings is 3. The van der Waals surface area contributed by atoms with Crippen LogP contribution in [0.2, 0.25) is 0 Å². The molecule has 2 heteroatoms. The summed E-state index contributed by atoms with van der Waals surface area (Å²) in [6.07, 6.45) is 1.88. The van der Waals surface area contributed by atoms with E-state index in [1.165, 1.54) is 0 Å². The smallest absolute Gasteiger partial charge is 0.338 e. The lowest BCUT2D eigenvalue weighted by atomic mass is 9.99. The van der Waals surface area contributed by atoms with Gasteiger partial charge >= 0.3 is 5.97 Å². The Bertz CT molecular complexity index is 848. The van der Waals surface area contributed by atoms with Crippen molar-refractivity contribution in [3.8, 4) is 0 Å². The molecule has 0 aliphatic heterocycles. The molecule has 0 unspecified atom stereocenters. The van der Waals surface area contributed by atoms with Gasteiger partial charge in [0.05, 0.1) is 12.2 Å². The van der Waals surface area contributed by atoms with Gasteiger partial charge in [-0.15, -0.1) is 0 Å². The average molecular weight is 302 g/mol. The third-order valence-electron chi connectivity index (χ3n) is 3.67. The van der Waals surface area contributed by atoms with Crippen molar-refractivity contribution in [1.29, 1.82) is 0 Å². The molecule has 0 amide bonds. The van der Waals surface area contributed by atoms with E-state index < -0.39 is 0 Å². The molecule has 114 valence electrons. The van der Waals surface area contributed by atoms with E-state index in [-0.39, 0.29) is 5.97 Å². The molecule has 0 heterocycles. The SMILES string of the molecule is CCOC(=O)C(=Cc1ccccc1)c1ccc2ccccc2c1. The Morgan fingerprint density at radius 2 is 1.61 bits per heavy atom. The van der Waals surface area contributed by atoms with Gasteiger partial charge in [-0.2, -0.15) is 0 Å². The van der Waals surface area contributed by atoms with Gasteiger partial charge in [0, 0.05) is 0 Å². The highest BCUT2D eigenvalue weighted by Gasteiger charge is 2.13. The number of fused-ring (bicyclic) bond motifs is 1. The summed E-state index contributed by atoms with van der Waals surface area (Å²) < 4.78 is 5.24. The Balaban J connectivity index is 2.09.